The van der Waals surface area contributed by atoms with Crippen LogP contribution < -0.4 is 0 Å². The third kappa shape index (κ3) is 2.17. The number of phenols is 1. The summed E-state index contributed by atoms with van der Waals surface area (Å²) in [5, 5.41) is 10.6. The standard InChI is InChI=1S/C15H11NOS/c17-11-4-3-5-12(10-11)18-15-8-9-16-14-7-2-1-6-13(14)15/h1-10,17H. The first-order valence-corrected chi connectivity index (χ1v) is 6.45. The van der Waals surface area contributed by atoms with Gasteiger partial charge in [0.05, 0.1) is 5.52 Å². The van der Waals surface area contributed by atoms with Crippen LogP contribution in [-0.4, -0.2) is 10.1 Å². The molecule has 0 saturated carbocycles. The number of hydrogen-bond donors (Lipinski definition) is 1. The van der Waals surface area contributed by atoms with Crippen LogP contribution in [0.5, 0.6) is 5.75 Å². The summed E-state index contributed by atoms with van der Waals surface area (Å²) < 4.78 is 0. The minimum absolute atomic E-state index is 0.290. The van der Waals surface area contributed by atoms with Crippen molar-refractivity contribution in [1.29, 1.82) is 0 Å². The molecule has 0 amide bonds. The van der Waals surface area contributed by atoms with Crippen molar-refractivity contribution in [3.8, 4) is 5.75 Å². The zero-order valence-corrected chi connectivity index (χ0v) is 10.4. The van der Waals surface area contributed by atoms with Crippen molar-refractivity contribution in [2.24, 2.45) is 0 Å². The predicted octanol–water partition coefficient (Wildman–Crippen LogP) is 4.09. The van der Waals surface area contributed by atoms with Crippen molar-refractivity contribution in [2.75, 3.05) is 0 Å². The fourth-order valence-corrected chi connectivity index (χ4v) is 2.82. The Balaban J connectivity index is 2.05. The molecule has 18 heavy (non-hydrogen) atoms. The smallest absolute Gasteiger partial charge is 0.116 e. The first kappa shape index (κ1) is 11.1. The highest BCUT2D eigenvalue weighted by atomic mass is 32.2. The van der Waals surface area contributed by atoms with Gasteiger partial charge in [0.25, 0.3) is 0 Å². The molecule has 2 aromatic carbocycles. The molecule has 3 aromatic rings. The van der Waals surface area contributed by atoms with Crippen LogP contribution in [0.25, 0.3) is 10.9 Å². The first-order chi connectivity index (χ1) is 8.83. The maximum absolute atomic E-state index is 9.48. The second kappa shape index (κ2) is 4.70. The number of aromatic nitrogens is 1. The van der Waals surface area contributed by atoms with Gasteiger partial charge in [0, 0.05) is 21.4 Å². The molecule has 1 heterocycles. The molecular weight excluding hydrogens is 242 g/mol. The van der Waals surface area contributed by atoms with Crippen molar-refractivity contribution < 1.29 is 5.11 Å². The molecule has 0 spiro atoms. The Bertz CT molecular complexity index is 691. The average molecular weight is 253 g/mol. The molecule has 0 atom stereocenters. The molecule has 0 aliphatic rings. The zero-order chi connectivity index (χ0) is 12.4. The van der Waals surface area contributed by atoms with Gasteiger partial charge in [0.2, 0.25) is 0 Å². The lowest BCUT2D eigenvalue weighted by Crippen LogP contribution is -1.81. The quantitative estimate of drug-likeness (QED) is 0.746. The van der Waals surface area contributed by atoms with Gasteiger partial charge in [-0.1, -0.05) is 36.0 Å². The van der Waals surface area contributed by atoms with Crippen LogP contribution >= 0.6 is 11.8 Å². The van der Waals surface area contributed by atoms with E-state index >= 15 is 0 Å². The Kier molecular flexibility index (Phi) is 2.90. The zero-order valence-electron chi connectivity index (χ0n) is 9.58. The van der Waals surface area contributed by atoms with Crippen molar-refractivity contribution in [1.82, 2.24) is 4.98 Å². The summed E-state index contributed by atoms with van der Waals surface area (Å²) in [7, 11) is 0. The van der Waals surface area contributed by atoms with Crippen LogP contribution in [-0.2, 0) is 0 Å². The summed E-state index contributed by atoms with van der Waals surface area (Å²) >= 11 is 1.63. The number of benzene rings is 2. The molecule has 3 rings (SSSR count). The van der Waals surface area contributed by atoms with E-state index in [1.54, 1.807) is 23.9 Å². The average Bonchev–Trinajstić information content (AvgIpc) is 2.39. The first-order valence-electron chi connectivity index (χ1n) is 5.63. The third-order valence-corrected chi connectivity index (χ3v) is 3.72. The predicted molar refractivity (Wildman–Crippen MR) is 74.0 cm³/mol. The Morgan fingerprint density at radius 3 is 2.72 bits per heavy atom. The van der Waals surface area contributed by atoms with Crippen molar-refractivity contribution in [2.45, 2.75) is 9.79 Å². The highest BCUT2D eigenvalue weighted by molar-refractivity contribution is 7.99. The molecule has 0 bridgehead atoms. The highest BCUT2D eigenvalue weighted by Gasteiger charge is 2.03. The van der Waals surface area contributed by atoms with Gasteiger partial charge in [-0.15, -0.1) is 0 Å². The van der Waals surface area contributed by atoms with Gasteiger partial charge in [-0.05, 0) is 30.3 Å². The van der Waals surface area contributed by atoms with Crippen molar-refractivity contribution in [3.63, 3.8) is 0 Å². The van der Waals surface area contributed by atoms with Gasteiger partial charge in [0.15, 0.2) is 0 Å². The van der Waals surface area contributed by atoms with E-state index in [1.807, 2.05) is 42.6 Å². The van der Waals surface area contributed by atoms with Crippen LogP contribution in [0.4, 0.5) is 0 Å². The molecule has 0 aliphatic heterocycles. The summed E-state index contributed by atoms with van der Waals surface area (Å²) in [5.74, 6) is 0.290. The van der Waals surface area contributed by atoms with Crippen molar-refractivity contribution in [3.05, 3.63) is 60.8 Å². The van der Waals surface area contributed by atoms with E-state index in [0.717, 1.165) is 20.7 Å². The Labute approximate surface area is 109 Å². The highest BCUT2D eigenvalue weighted by Crippen LogP contribution is 2.33. The molecule has 0 unspecified atom stereocenters. The second-order valence-corrected chi connectivity index (χ2v) is 5.04. The molecule has 3 heteroatoms. The number of rotatable bonds is 2. The lowest BCUT2D eigenvalue weighted by molar-refractivity contribution is 0.474. The molecule has 0 saturated heterocycles. The van der Waals surface area contributed by atoms with Crippen LogP contribution in [0.15, 0.2) is 70.6 Å². The van der Waals surface area contributed by atoms with E-state index in [1.165, 1.54) is 0 Å². The molecular formula is C15H11NOS. The summed E-state index contributed by atoms with van der Waals surface area (Å²) in [6.45, 7) is 0. The van der Waals surface area contributed by atoms with Crippen LogP contribution in [0.2, 0.25) is 0 Å². The van der Waals surface area contributed by atoms with Crippen LogP contribution in [0.1, 0.15) is 0 Å². The molecule has 1 aromatic heterocycles. The maximum Gasteiger partial charge on any atom is 0.116 e. The minimum Gasteiger partial charge on any atom is -0.508 e. The summed E-state index contributed by atoms with van der Waals surface area (Å²) in [6, 6.07) is 17.3. The summed E-state index contributed by atoms with van der Waals surface area (Å²) in [4.78, 5) is 6.50. The van der Waals surface area contributed by atoms with E-state index in [2.05, 4.69) is 11.1 Å². The lowest BCUT2D eigenvalue weighted by Gasteiger charge is -2.05. The molecule has 0 aliphatic carbocycles. The Morgan fingerprint density at radius 1 is 0.944 bits per heavy atom. The maximum atomic E-state index is 9.48. The summed E-state index contributed by atoms with van der Waals surface area (Å²) in [6.07, 6.45) is 1.81. The number of pyridine rings is 1. The molecule has 1 N–H and O–H groups in total. The minimum atomic E-state index is 0.290. The number of phenolic OH excluding ortho intramolecular Hbond substituents is 1. The van der Waals surface area contributed by atoms with E-state index in [-0.39, 0.29) is 0 Å². The number of hydrogen-bond acceptors (Lipinski definition) is 3. The van der Waals surface area contributed by atoms with Gasteiger partial charge in [-0.25, -0.2) is 0 Å². The van der Waals surface area contributed by atoms with E-state index < -0.39 is 0 Å². The van der Waals surface area contributed by atoms with E-state index in [0.29, 0.717) is 5.75 Å². The molecule has 0 radical (unpaired) electrons. The van der Waals surface area contributed by atoms with Crippen LogP contribution in [0, 0.1) is 0 Å². The molecule has 2 nitrogen and oxygen atoms in total. The largest absolute Gasteiger partial charge is 0.508 e. The lowest BCUT2D eigenvalue weighted by atomic mass is 10.2. The number of aromatic hydroxyl groups is 1. The molecule has 88 valence electrons. The van der Waals surface area contributed by atoms with Gasteiger partial charge in [0.1, 0.15) is 5.75 Å². The fourth-order valence-electron chi connectivity index (χ4n) is 1.83. The fraction of sp³-hybridized carbons (Fsp3) is 0. The van der Waals surface area contributed by atoms with E-state index in [4.69, 9.17) is 0 Å². The van der Waals surface area contributed by atoms with Gasteiger partial charge >= 0.3 is 0 Å². The SMILES string of the molecule is Oc1cccc(Sc2ccnc3ccccc23)c1. The summed E-state index contributed by atoms with van der Waals surface area (Å²) in [5.41, 5.74) is 0.989. The van der Waals surface area contributed by atoms with Crippen molar-refractivity contribution >= 4 is 22.7 Å². The van der Waals surface area contributed by atoms with Gasteiger partial charge in [-0.3, -0.25) is 4.98 Å². The van der Waals surface area contributed by atoms with Crippen LogP contribution in [0.3, 0.4) is 0 Å². The number of nitrogens with zero attached hydrogens (tertiary/aromatic N) is 1. The number of fused-ring (bicyclic) bond motifs is 1. The Morgan fingerprint density at radius 2 is 1.83 bits per heavy atom. The Hall–Kier alpha value is -2.00. The van der Waals surface area contributed by atoms with Gasteiger partial charge < -0.3 is 5.11 Å². The second-order valence-electron chi connectivity index (χ2n) is 3.93. The topological polar surface area (TPSA) is 33.1 Å². The van der Waals surface area contributed by atoms with E-state index in [9.17, 15) is 5.11 Å². The third-order valence-electron chi connectivity index (χ3n) is 2.65. The molecule has 0 fully saturated rings. The normalized spacial score (nSPS) is 10.7. The number of para-hydroxylation sites is 1. The monoisotopic (exact) mass is 253 g/mol. The van der Waals surface area contributed by atoms with Gasteiger partial charge in [-0.2, -0.15) is 0 Å².